The van der Waals surface area contributed by atoms with Crippen LogP contribution in [0.25, 0.3) is 0 Å². The van der Waals surface area contributed by atoms with Crippen molar-refractivity contribution in [3.63, 3.8) is 0 Å². The quantitative estimate of drug-likeness (QED) is 0.455. The van der Waals surface area contributed by atoms with Gasteiger partial charge in [0, 0.05) is 0 Å². The Morgan fingerprint density at radius 3 is 2.40 bits per heavy atom. The largest absolute Gasteiger partial charge is 0.312 e. The fraction of sp³-hybridized carbons (Fsp3) is 0.556. The van der Waals surface area contributed by atoms with Gasteiger partial charge in [0.15, 0.2) is 0 Å². The van der Waals surface area contributed by atoms with Crippen molar-refractivity contribution >= 4 is 0 Å². The zero-order valence-corrected chi connectivity index (χ0v) is 6.94. The van der Waals surface area contributed by atoms with Crippen LogP contribution >= 0.6 is 0 Å². The Bertz CT molecular complexity index is 170. The van der Waals surface area contributed by atoms with E-state index in [2.05, 4.69) is 12.8 Å². The third-order valence-electron chi connectivity index (χ3n) is 1.70. The third-order valence-corrected chi connectivity index (χ3v) is 1.70. The van der Waals surface area contributed by atoms with Gasteiger partial charge in [-0.25, -0.2) is 0 Å². The highest BCUT2D eigenvalue weighted by Crippen LogP contribution is 2.14. The van der Waals surface area contributed by atoms with E-state index in [0.717, 1.165) is 12.0 Å². The predicted molar refractivity (Wildman–Crippen MR) is 45.5 cm³/mol. The molecule has 0 rings (SSSR count). The van der Waals surface area contributed by atoms with E-state index in [4.69, 9.17) is 12.2 Å². The van der Waals surface area contributed by atoms with Crippen LogP contribution in [0.3, 0.4) is 0 Å². The molecular formula is C9H15N. The first kappa shape index (κ1) is 9.26. The SMILES string of the molecule is C#CC(C)(N)/C(=C\C)CC. The van der Waals surface area contributed by atoms with Crippen molar-refractivity contribution in [1.82, 2.24) is 0 Å². The maximum absolute atomic E-state index is 5.78. The standard InChI is InChI=1S/C9H15N/c1-5-8(6-2)9(4,10)7-3/h3,5H,6,10H2,1-2,4H3/b8-5-. The van der Waals surface area contributed by atoms with Crippen molar-refractivity contribution in [3.8, 4) is 12.3 Å². The van der Waals surface area contributed by atoms with E-state index in [0.29, 0.717) is 0 Å². The van der Waals surface area contributed by atoms with Crippen molar-refractivity contribution in [1.29, 1.82) is 0 Å². The van der Waals surface area contributed by atoms with E-state index in [1.807, 2.05) is 19.9 Å². The van der Waals surface area contributed by atoms with E-state index in [-0.39, 0.29) is 0 Å². The van der Waals surface area contributed by atoms with Crippen molar-refractivity contribution < 1.29 is 0 Å². The van der Waals surface area contributed by atoms with E-state index in [1.165, 1.54) is 0 Å². The van der Waals surface area contributed by atoms with Gasteiger partial charge in [0.05, 0.1) is 5.54 Å². The highest BCUT2D eigenvalue weighted by atomic mass is 14.7. The lowest BCUT2D eigenvalue weighted by Crippen LogP contribution is -2.36. The average Bonchev–Trinajstić information content (AvgIpc) is 1.90. The molecule has 0 aromatic carbocycles. The lowest BCUT2D eigenvalue weighted by molar-refractivity contribution is 0.682. The summed E-state index contributed by atoms with van der Waals surface area (Å²) in [5, 5.41) is 0. The van der Waals surface area contributed by atoms with Gasteiger partial charge in [-0.3, -0.25) is 0 Å². The van der Waals surface area contributed by atoms with Crippen molar-refractivity contribution in [3.05, 3.63) is 11.6 Å². The van der Waals surface area contributed by atoms with Crippen molar-refractivity contribution in [2.24, 2.45) is 5.73 Å². The van der Waals surface area contributed by atoms with E-state index in [9.17, 15) is 0 Å². The molecule has 1 nitrogen and oxygen atoms in total. The summed E-state index contributed by atoms with van der Waals surface area (Å²) in [6.07, 6.45) is 8.15. The molecule has 10 heavy (non-hydrogen) atoms. The van der Waals surface area contributed by atoms with Crippen LogP contribution in [0.2, 0.25) is 0 Å². The Hall–Kier alpha value is -0.740. The topological polar surface area (TPSA) is 26.0 Å². The maximum atomic E-state index is 5.78. The summed E-state index contributed by atoms with van der Waals surface area (Å²) in [6.45, 7) is 5.87. The van der Waals surface area contributed by atoms with Crippen LogP contribution < -0.4 is 5.73 Å². The molecule has 0 heterocycles. The molecule has 0 aliphatic rings. The minimum absolute atomic E-state index is 0.552. The first-order chi connectivity index (χ1) is 4.58. The minimum Gasteiger partial charge on any atom is -0.312 e. The molecule has 1 heteroatoms. The van der Waals surface area contributed by atoms with Gasteiger partial charge < -0.3 is 5.73 Å². The Morgan fingerprint density at radius 1 is 1.80 bits per heavy atom. The second kappa shape index (κ2) is 3.43. The van der Waals surface area contributed by atoms with Gasteiger partial charge >= 0.3 is 0 Å². The molecule has 0 aliphatic carbocycles. The van der Waals surface area contributed by atoms with Crippen LogP contribution in [0.15, 0.2) is 11.6 Å². The number of hydrogen-bond donors (Lipinski definition) is 1. The fourth-order valence-corrected chi connectivity index (χ4v) is 0.964. The molecule has 0 saturated heterocycles. The Balaban J connectivity index is 4.48. The van der Waals surface area contributed by atoms with Crippen molar-refractivity contribution in [2.75, 3.05) is 0 Å². The number of terminal acetylenes is 1. The molecule has 0 amide bonds. The molecule has 1 atom stereocenters. The van der Waals surface area contributed by atoms with Gasteiger partial charge in [-0.2, -0.15) is 0 Å². The third kappa shape index (κ3) is 1.89. The summed E-state index contributed by atoms with van der Waals surface area (Å²) in [5.74, 6) is 2.55. The average molecular weight is 137 g/mol. The van der Waals surface area contributed by atoms with Crippen LogP contribution in [-0.4, -0.2) is 5.54 Å². The van der Waals surface area contributed by atoms with Crippen LogP contribution in [0.4, 0.5) is 0 Å². The molecule has 0 aromatic rings. The number of rotatable bonds is 2. The Morgan fingerprint density at radius 2 is 2.30 bits per heavy atom. The van der Waals surface area contributed by atoms with Gasteiger partial charge in [-0.1, -0.05) is 18.9 Å². The number of hydrogen-bond acceptors (Lipinski definition) is 1. The van der Waals surface area contributed by atoms with Crippen LogP contribution in [0.1, 0.15) is 27.2 Å². The smallest absolute Gasteiger partial charge is 0.0959 e. The van der Waals surface area contributed by atoms with Crippen LogP contribution in [-0.2, 0) is 0 Å². The second-order valence-electron chi connectivity index (χ2n) is 2.51. The molecule has 2 N–H and O–H groups in total. The summed E-state index contributed by atoms with van der Waals surface area (Å²) in [4.78, 5) is 0. The van der Waals surface area contributed by atoms with E-state index in [1.54, 1.807) is 0 Å². The van der Waals surface area contributed by atoms with Gasteiger partial charge in [0.2, 0.25) is 0 Å². The summed E-state index contributed by atoms with van der Waals surface area (Å²) in [7, 11) is 0. The first-order valence-corrected chi connectivity index (χ1v) is 3.50. The molecule has 0 saturated carbocycles. The molecule has 1 unspecified atom stereocenters. The van der Waals surface area contributed by atoms with Gasteiger partial charge in [-0.05, 0) is 25.8 Å². The summed E-state index contributed by atoms with van der Waals surface area (Å²) in [6, 6.07) is 0. The minimum atomic E-state index is -0.552. The van der Waals surface area contributed by atoms with Gasteiger partial charge in [-0.15, -0.1) is 6.42 Å². The highest BCUT2D eigenvalue weighted by Gasteiger charge is 2.17. The molecule has 0 spiro atoms. The number of allylic oxidation sites excluding steroid dienone is 1. The van der Waals surface area contributed by atoms with Crippen LogP contribution in [0, 0.1) is 12.3 Å². The predicted octanol–water partition coefficient (Wildman–Crippen LogP) is 1.69. The van der Waals surface area contributed by atoms with E-state index >= 15 is 0 Å². The summed E-state index contributed by atoms with van der Waals surface area (Å²) >= 11 is 0. The molecule has 0 bridgehead atoms. The van der Waals surface area contributed by atoms with Gasteiger partial charge in [0.1, 0.15) is 0 Å². The van der Waals surface area contributed by atoms with Crippen molar-refractivity contribution in [2.45, 2.75) is 32.7 Å². The number of nitrogens with two attached hydrogens (primary N) is 1. The molecular weight excluding hydrogens is 122 g/mol. The molecule has 0 aromatic heterocycles. The van der Waals surface area contributed by atoms with E-state index < -0.39 is 5.54 Å². The zero-order valence-electron chi connectivity index (χ0n) is 6.94. The summed E-state index contributed by atoms with van der Waals surface area (Å²) < 4.78 is 0. The zero-order chi connectivity index (χ0) is 8.20. The molecule has 0 aliphatic heterocycles. The van der Waals surface area contributed by atoms with Gasteiger partial charge in [0.25, 0.3) is 0 Å². The normalized spacial score (nSPS) is 17.7. The Kier molecular flexibility index (Phi) is 3.18. The van der Waals surface area contributed by atoms with Crippen LogP contribution in [0.5, 0.6) is 0 Å². The lowest BCUT2D eigenvalue weighted by atomic mass is 9.92. The summed E-state index contributed by atoms with van der Waals surface area (Å²) in [5.41, 5.74) is 6.35. The molecule has 0 fully saturated rings. The second-order valence-corrected chi connectivity index (χ2v) is 2.51. The highest BCUT2D eigenvalue weighted by molar-refractivity contribution is 5.29. The molecule has 56 valence electrons. The lowest BCUT2D eigenvalue weighted by Gasteiger charge is -2.20. The Labute approximate surface area is 63.3 Å². The fourth-order valence-electron chi connectivity index (χ4n) is 0.964. The first-order valence-electron chi connectivity index (χ1n) is 3.50. The monoisotopic (exact) mass is 137 g/mol. The molecule has 0 radical (unpaired) electrons. The maximum Gasteiger partial charge on any atom is 0.0959 e.